The second-order valence-corrected chi connectivity index (χ2v) is 2.71. The number of aryl methyl sites for hydroxylation is 1. The Kier molecular flexibility index (Phi) is 1.68. The van der Waals surface area contributed by atoms with E-state index in [9.17, 15) is 0 Å². The second-order valence-electron chi connectivity index (χ2n) is 2.71. The van der Waals surface area contributed by atoms with Crippen LogP contribution in [-0.2, 0) is 7.05 Å². The van der Waals surface area contributed by atoms with Gasteiger partial charge in [0.1, 0.15) is 12.4 Å². The lowest BCUT2D eigenvalue weighted by atomic mass is 10.5. The molecule has 2 heterocycles. The van der Waals surface area contributed by atoms with Crippen molar-refractivity contribution >= 4 is 5.69 Å². The van der Waals surface area contributed by atoms with Crippen LogP contribution < -0.4 is 5.73 Å². The first-order valence-electron chi connectivity index (χ1n) is 3.82. The van der Waals surface area contributed by atoms with E-state index in [1.807, 2.05) is 6.07 Å². The van der Waals surface area contributed by atoms with Gasteiger partial charge in [0.05, 0.1) is 5.69 Å². The molecule has 0 aromatic carbocycles. The van der Waals surface area contributed by atoms with Gasteiger partial charge >= 0.3 is 0 Å². The zero-order valence-corrected chi connectivity index (χ0v) is 7.42. The third-order valence-electron chi connectivity index (χ3n) is 1.65. The Morgan fingerprint density at radius 2 is 2.29 bits per heavy atom. The van der Waals surface area contributed by atoms with E-state index in [0.29, 0.717) is 11.5 Å². The predicted octanol–water partition coefficient (Wildman–Crippen LogP) is -0.545. The van der Waals surface area contributed by atoms with Gasteiger partial charge in [0.15, 0.2) is 5.82 Å². The largest absolute Gasteiger partial charge is 0.394 e. The molecule has 2 N–H and O–H groups in total. The Hall–Kier alpha value is -2.36. The first kappa shape index (κ1) is 8.25. The fourth-order valence-electron chi connectivity index (χ4n) is 1.09. The molecule has 14 heavy (non-hydrogen) atoms. The highest BCUT2D eigenvalue weighted by molar-refractivity contribution is 5.50. The van der Waals surface area contributed by atoms with E-state index in [0.717, 1.165) is 0 Å². The van der Waals surface area contributed by atoms with Gasteiger partial charge in [-0.1, -0.05) is 0 Å². The lowest BCUT2D eigenvalue weighted by Crippen LogP contribution is -2.00. The molecule has 0 bridgehead atoms. The summed E-state index contributed by atoms with van der Waals surface area (Å²) >= 11 is 0. The molecule has 0 aliphatic carbocycles. The molecule has 0 fully saturated rings. The van der Waals surface area contributed by atoms with E-state index in [1.165, 1.54) is 11.0 Å². The quantitative estimate of drug-likeness (QED) is 0.649. The van der Waals surface area contributed by atoms with E-state index in [1.54, 1.807) is 17.9 Å². The summed E-state index contributed by atoms with van der Waals surface area (Å²) in [5, 5.41) is 16.5. The second kappa shape index (κ2) is 2.85. The van der Waals surface area contributed by atoms with Gasteiger partial charge in [0.25, 0.3) is 5.82 Å². The van der Waals surface area contributed by atoms with E-state index in [4.69, 9.17) is 11.0 Å². The zero-order chi connectivity index (χ0) is 10.1. The number of nitriles is 1. The summed E-state index contributed by atoms with van der Waals surface area (Å²) in [4.78, 5) is 3.75. The van der Waals surface area contributed by atoms with E-state index >= 15 is 0 Å². The van der Waals surface area contributed by atoms with Crippen LogP contribution in [0.2, 0.25) is 0 Å². The lowest BCUT2D eigenvalue weighted by molar-refractivity contribution is 0.730. The number of aromatic nitrogens is 5. The molecular weight excluding hydrogens is 182 g/mol. The highest BCUT2D eigenvalue weighted by atomic mass is 15.4. The van der Waals surface area contributed by atoms with Crippen molar-refractivity contribution in [1.29, 1.82) is 5.26 Å². The summed E-state index contributed by atoms with van der Waals surface area (Å²) in [7, 11) is 1.75. The van der Waals surface area contributed by atoms with Crippen LogP contribution in [-0.4, -0.2) is 24.5 Å². The van der Waals surface area contributed by atoms with Crippen LogP contribution >= 0.6 is 0 Å². The van der Waals surface area contributed by atoms with Crippen molar-refractivity contribution in [3.63, 3.8) is 0 Å². The molecule has 0 amide bonds. The summed E-state index contributed by atoms with van der Waals surface area (Å²) in [6.45, 7) is 0. The number of hydrogen-bond acceptors (Lipinski definition) is 5. The number of anilines is 1. The summed E-state index contributed by atoms with van der Waals surface area (Å²) in [6, 6.07) is 1.82. The van der Waals surface area contributed by atoms with Gasteiger partial charge in [0.2, 0.25) is 0 Å². The van der Waals surface area contributed by atoms with E-state index < -0.39 is 0 Å². The molecule has 0 saturated carbocycles. The average molecular weight is 189 g/mol. The maximum atomic E-state index is 8.53. The Morgan fingerprint density at radius 3 is 2.79 bits per heavy atom. The molecule has 7 heteroatoms. The van der Waals surface area contributed by atoms with Crippen LogP contribution in [0.5, 0.6) is 0 Å². The first-order chi connectivity index (χ1) is 6.70. The summed E-state index contributed by atoms with van der Waals surface area (Å²) < 4.78 is 2.94. The van der Waals surface area contributed by atoms with Gasteiger partial charge in [0, 0.05) is 13.2 Å². The third-order valence-corrected chi connectivity index (χ3v) is 1.65. The Balaban J connectivity index is 2.50. The molecule has 2 aromatic heterocycles. The molecule has 70 valence electrons. The third kappa shape index (κ3) is 1.19. The Bertz CT molecular complexity index is 500. The minimum Gasteiger partial charge on any atom is -0.394 e. The normalized spacial score (nSPS) is 10.0. The van der Waals surface area contributed by atoms with Crippen molar-refractivity contribution in [2.24, 2.45) is 7.05 Å². The van der Waals surface area contributed by atoms with Crippen LogP contribution in [0.15, 0.2) is 12.5 Å². The van der Waals surface area contributed by atoms with Crippen molar-refractivity contribution in [3.8, 4) is 11.9 Å². The monoisotopic (exact) mass is 189 g/mol. The lowest BCUT2D eigenvalue weighted by Gasteiger charge is -1.93. The fourth-order valence-corrected chi connectivity index (χ4v) is 1.09. The minimum atomic E-state index is 0.0926. The number of nitrogens with two attached hydrogens (primary N) is 1. The van der Waals surface area contributed by atoms with Gasteiger partial charge in [-0.3, -0.25) is 4.68 Å². The number of nitrogens with zero attached hydrogens (tertiary/aromatic N) is 6. The standard InChI is InChI=1S/C7H7N7/c1-13-3-5(9)7(12-13)14-4-10-6(2-8)11-14/h3-4H,9H2,1H3. The topological polar surface area (TPSA) is 98.3 Å². The van der Waals surface area contributed by atoms with Crippen LogP contribution in [0.4, 0.5) is 5.69 Å². The summed E-state index contributed by atoms with van der Waals surface area (Å²) in [6.07, 6.45) is 3.06. The molecule has 0 unspecified atom stereocenters. The minimum absolute atomic E-state index is 0.0926. The molecule has 0 spiro atoms. The first-order valence-corrected chi connectivity index (χ1v) is 3.82. The smallest absolute Gasteiger partial charge is 0.252 e. The SMILES string of the molecule is Cn1cc(N)c(-n2cnc(C#N)n2)n1. The van der Waals surface area contributed by atoms with E-state index in [-0.39, 0.29) is 5.82 Å². The summed E-state index contributed by atoms with van der Waals surface area (Å²) in [5.74, 6) is 0.566. The fraction of sp³-hybridized carbons (Fsp3) is 0.143. The average Bonchev–Trinajstić information content (AvgIpc) is 2.71. The van der Waals surface area contributed by atoms with Crippen molar-refractivity contribution in [1.82, 2.24) is 24.5 Å². The van der Waals surface area contributed by atoms with Gasteiger partial charge in [-0.05, 0) is 0 Å². The number of nitrogen functional groups attached to an aromatic ring is 1. The van der Waals surface area contributed by atoms with Gasteiger partial charge in [-0.2, -0.15) is 15.0 Å². The van der Waals surface area contributed by atoms with Gasteiger partial charge < -0.3 is 5.73 Å². The molecule has 0 aliphatic rings. The van der Waals surface area contributed by atoms with Crippen LogP contribution in [0, 0.1) is 11.3 Å². The molecule has 2 rings (SSSR count). The molecule has 2 aromatic rings. The van der Waals surface area contributed by atoms with Gasteiger partial charge in [-0.15, -0.1) is 5.10 Å². The van der Waals surface area contributed by atoms with Crippen molar-refractivity contribution in [3.05, 3.63) is 18.3 Å². The van der Waals surface area contributed by atoms with Crippen LogP contribution in [0.25, 0.3) is 5.82 Å². The number of hydrogen-bond donors (Lipinski definition) is 1. The maximum absolute atomic E-state index is 8.53. The number of rotatable bonds is 1. The maximum Gasteiger partial charge on any atom is 0.252 e. The predicted molar refractivity (Wildman–Crippen MR) is 47.3 cm³/mol. The van der Waals surface area contributed by atoms with Crippen LogP contribution in [0.3, 0.4) is 0 Å². The van der Waals surface area contributed by atoms with E-state index in [2.05, 4.69) is 15.2 Å². The molecule has 0 saturated heterocycles. The van der Waals surface area contributed by atoms with Crippen molar-refractivity contribution in [2.75, 3.05) is 5.73 Å². The molecule has 7 nitrogen and oxygen atoms in total. The Morgan fingerprint density at radius 1 is 1.50 bits per heavy atom. The summed E-state index contributed by atoms with van der Waals surface area (Å²) in [5.41, 5.74) is 6.16. The highest BCUT2D eigenvalue weighted by Crippen LogP contribution is 2.11. The Labute approximate surface area is 79.4 Å². The van der Waals surface area contributed by atoms with Crippen molar-refractivity contribution < 1.29 is 0 Å². The zero-order valence-electron chi connectivity index (χ0n) is 7.42. The van der Waals surface area contributed by atoms with Gasteiger partial charge in [-0.25, -0.2) is 4.98 Å². The van der Waals surface area contributed by atoms with Crippen molar-refractivity contribution in [2.45, 2.75) is 0 Å². The highest BCUT2D eigenvalue weighted by Gasteiger charge is 2.08. The molecular formula is C7H7N7. The molecule has 0 radical (unpaired) electrons. The van der Waals surface area contributed by atoms with Crippen LogP contribution in [0.1, 0.15) is 5.82 Å². The molecule has 0 atom stereocenters. The molecule has 0 aliphatic heterocycles.